The zero-order valence-electron chi connectivity index (χ0n) is 16.1. The van der Waals surface area contributed by atoms with Gasteiger partial charge in [0.25, 0.3) is 0 Å². The lowest BCUT2D eigenvalue weighted by molar-refractivity contribution is 0.125. The van der Waals surface area contributed by atoms with Crippen LogP contribution in [0.5, 0.6) is 0 Å². The number of benzene rings is 1. The summed E-state index contributed by atoms with van der Waals surface area (Å²) in [4.78, 5) is 17.1. The highest BCUT2D eigenvalue weighted by Crippen LogP contribution is 2.23. The molecule has 2 fully saturated rings. The molecule has 2 amide bonds. The fraction of sp³-hybridized carbons (Fsp3) is 0.667. The van der Waals surface area contributed by atoms with Crippen molar-refractivity contribution in [2.24, 2.45) is 11.8 Å². The number of hydrogen-bond donors (Lipinski definition) is 1. The van der Waals surface area contributed by atoms with Gasteiger partial charge in [-0.15, -0.1) is 0 Å². The number of amides is 2. The minimum Gasteiger partial charge on any atom is -0.325 e. The minimum absolute atomic E-state index is 0.0493. The molecule has 1 unspecified atom stereocenters. The number of carbonyl (C=O) groups excluding carboxylic acids is 1. The van der Waals surface area contributed by atoms with Gasteiger partial charge in [0.1, 0.15) is 0 Å². The van der Waals surface area contributed by atoms with E-state index >= 15 is 0 Å². The van der Waals surface area contributed by atoms with Crippen LogP contribution in [0, 0.1) is 25.7 Å². The number of urea groups is 1. The predicted molar refractivity (Wildman–Crippen MR) is 104 cm³/mol. The first-order valence-corrected chi connectivity index (χ1v) is 9.87. The molecule has 1 aromatic carbocycles. The lowest BCUT2D eigenvalue weighted by Gasteiger charge is -2.37. The van der Waals surface area contributed by atoms with Gasteiger partial charge >= 0.3 is 6.03 Å². The van der Waals surface area contributed by atoms with E-state index in [0.717, 1.165) is 43.5 Å². The van der Waals surface area contributed by atoms with Gasteiger partial charge in [-0.25, -0.2) is 4.79 Å². The quantitative estimate of drug-likeness (QED) is 0.889. The Labute approximate surface area is 152 Å². The first-order chi connectivity index (χ1) is 12.0. The van der Waals surface area contributed by atoms with Crippen LogP contribution in [-0.4, -0.2) is 48.6 Å². The van der Waals surface area contributed by atoms with Gasteiger partial charge in [0, 0.05) is 31.9 Å². The minimum atomic E-state index is 0.0493. The second-order valence-electron chi connectivity index (χ2n) is 8.17. The monoisotopic (exact) mass is 343 g/mol. The van der Waals surface area contributed by atoms with Crippen LogP contribution in [0.4, 0.5) is 10.5 Å². The molecule has 0 saturated carbocycles. The number of anilines is 1. The lowest BCUT2D eigenvalue weighted by atomic mass is 9.94. The average Bonchev–Trinajstić information content (AvgIpc) is 2.59. The topological polar surface area (TPSA) is 35.6 Å². The Morgan fingerprint density at radius 2 is 1.88 bits per heavy atom. The molecule has 1 N–H and O–H groups in total. The van der Waals surface area contributed by atoms with Crippen LogP contribution < -0.4 is 5.32 Å². The maximum absolute atomic E-state index is 12.5. The smallest absolute Gasteiger partial charge is 0.321 e. The molecule has 0 spiro atoms. The maximum atomic E-state index is 12.5. The highest BCUT2D eigenvalue weighted by molar-refractivity contribution is 5.89. The molecule has 2 aliphatic heterocycles. The maximum Gasteiger partial charge on any atom is 0.321 e. The van der Waals surface area contributed by atoms with Crippen molar-refractivity contribution >= 4 is 11.7 Å². The highest BCUT2D eigenvalue weighted by atomic mass is 16.2. The third kappa shape index (κ3) is 4.97. The Kier molecular flexibility index (Phi) is 6.00. The van der Waals surface area contributed by atoms with E-state index < -0.39 is 0 Å². The number of nitrogens with one attached hydrogen (secondary N) is 1. The van der Waals surface area contributed by atoms with Gasteiger partial charge in [-0.05, 0) is 81.2 Å². The largest absolute Gasteiger partial charge is 0.325 e. The van der Waals surface area contributed by atoms with Crippen molar-refractivity contribution in [1.29, 1.82) is 0 Å². The van der Waals surface area contributed by atoms with Gasteiger partial charge in [0.2, 0.25) is 0 Å². The molecule has 0 radical (unpaired) electrons. The van der Waals surface area contributed by atoms with Gasteiger partial charge in [-0.3, -0.25) is 0 Å². The van der Waals surface area contributed by atoms with Crippen molar-refractivity contribution in [3.8, 4) is 0 Å². The summed E-state index contributed by atoms with van der Waals surface area (Å²) in [6.45, 7) is 12.0. The number of carbonyl (C=O) groups is 1. The first kappa shape index (κ1) is 18.2. The number of nitrogens with zero attached hydrogens (tertiary/aromatic N) is 2. The Balaban J connectivity index is 1.45. The lowest BCUT2D eigenvalue weighted by Crippen LogP contribution is -2.44. The van der Waals surface area contributed by atoms with Crippen LogP contribution in [0.25, 0.3) is 0 Å². The third-order valence-corrected chi connectivity index (χ3v) is 5.92. The van der Waals surface area contributed by atoms with E-state index in [1.165, 1.54) is 43.6 Å². The van der Waals surface area contributed by atoms with E-state index in [4.69, 9.17) is 0 Å². The van der Waals surface area contributed by atoms with Gasteiger partial charge < -0.3 is 15.1 Å². The van der Waals surface area contributed by atoms with Crippen LogP contribution in [0.3, 0.4) is 0 Å². The summed E-state index contributed by atoms with van der Waals surface area (Å²) < 4.78 is 0. The van der Waals surface area contributed by atoms with Gasteiger partial charge in [0.05, 0.1) is 0 Å². The molecule has 4 nitrogen and oxygen atoms in total. The van der Waals surface area contributed by atoms with E-state index in [2.05, 4.69) is 43.1 Å². The molecule has 2 heterocycles. The second-order valence-corrected chi connectivity index (χ2v) is 8.17. The Hall–Kier alpha value is -1.55. The summed E-state index contributed by atoms with van der Waals surface area (Å²) in [5.74, 6) is 1.59. The second kappa shape index (κ2) is 8.22. The molecule has 1 aromatic rings. The van der Waals surface area contributed by atoms with Crippen molar-refractivity contribution in [2.45, 2.75) is 46.5 Å². The molecular weight excluding hydrogens is 310 g/mol. The summed E-state index contributed by atoms with van der Waals surface area (Å²) in [5.41, 5.74) is 3.37. The molecule has 3 rings (SSSR count). The zero-order valence-corrected chi connectivity index (χ0v) is 16.1. The van der Waals surface area contributed by atoms with Gasteiger partial charge in [-0.2, -0.15) is 0 Å². The van der Waals surface area contributed by atoms with E-state index in [-0.39, 0.29) is 6.03 Å². The van der Waals surface area contributed by atoms with Crippen LogP contribution in [0.2, 0.25) is 0 Å². The van der Waals surface area contributed by atoms with Crippen molar-refractivity contribution in [3.63, 3.8) is 0 Å². The molecule has 2 aliphatic rings. The van der Waals surface area contributed by atoms with Crippen LogP contribution in [0.1, 0.15) is 43.7 Å². The van der Waals surface area contributed by atoms with Crippen LogP contribution in [-0.2, 0) is 0 Å². The summed E-state index contributed by atoms with van der Waals surface area (Å²) in [6.07, 6.45) is 4.99. The van der Waals surface area contributed by atoms with E-state index in [9.17, 15) is 4.79 Å². The molecule has 0 aliphatic carbocycles. The Morgan fingerprint density at radius 1 is 1.12 bits per heavy atom. The number of likely N-dealkylation sites (tertiary alicyclic amines) is 2. The molecule has 2 saturated heterocycles. The summed E-state index contributed by atoms with van der Waals surface area (Å²) in [5, 5.41) is 3.06. The fourth-order valence-corrected chi connectivity index (χ4v) is 4.16. The van der Waals surface area contributed by atoms with Crippen LogP contribution in [0.15, 0.2) is 18.2 Å². The molecular formula is C21H33N3O. The number of rotatable bonds is 3. The van der Waals surface area contributed by atoms with Gasteiger partial charge in [-0.1, -0.05) is 13.0 Å². The van der Waals surface area contributed by atoms with Crippen LogP contribution >= 0.6 is 0 Å². The van der Waals surface area contributed by atoms with Gasteiger partial charge in [0.15, 0.2) is 0 Å². The fourth-order valence-electron chi connectivity index (χ4n) is 4.16. The SMILES string of the molecule is Cc1ccc(NC(=O)N2CCC(CN3CCCC(C)C3)CC2)cc1C. The third-order valence-electron chi connectivity index (χ3n) is 5.92. The van der Waals surface area contributed by atoms with E-state index in [1.807, 2.05) is 11.0 Å². The van der Waals surface area contributed by atoms with Crippen molar-refractivity contribution in [1.82, 2.24) is 9.80 Å². The molecule has 4 heteroatoms. The first-order valence-electron chi connectivity index (χ1n) is 9.87. The molecule has 138 valence electrons. The molecule has 0 aromatic heterocycles. The highest BCUT2D eigenvalue weighted by Gasteiger charge is 2.26. The normalized spacial score (nSPS) is 22.8. The number of piperidine rings is 2. The molecule has 0 bridgehead atoms. The van der Waals surface area contributed by atoms with Crippen molar-refractivity contribution in [2.75, 3.05) is 38.0 Å². The summed E-state index contributed by atoms with van der Waals surface area (Å²) in [6, 6.07) is 6.16. The molecule has 1 atom stereocenters. The van der Waals surface area contributed by atoms with E-state index in [1.54, 1.807) is 0 Å². The standard InChI is InChI=1S/C21H33N3O/c1-16-5-4-10-23(14-16)15-19-8-11-24(12-9-19)21(25)22-20-7-6-17(2)18(3)13-20/h6-7,13,16,19H,4-5,8-12,14-15H2,1-3H3,(H,22,25). The zero-order chi connectivity index (χ0) is 17.8. The summed E-state index contributed by atoms with van der Waals surface area (Å²) >= 11 is 0. The average molecular weight is 344 g/mol. The number of aryl methyl sites for hydroxylation is 2. The Morgan fingerprint density at radius 3 is 2.56 bits per heavy atom. The van der Waals surface area contributed by atoms with Crippen molar-refractivity contribution < 1.29 is 4.79 Å². The van der Waals surface area contributed by atoms with E-state index in [0.29, 0.717) is 0 Å². The predicted octanol–water partition coefficient (Wildman–Crippen LogP) is 4.28. The number of hydrogen-bond acceptors (Lipinski definition) is 2. The Bertz CT molecular complexity index is 593. The molecule has 25 heavy (non-hydrogen) atoms. The summed E-state index contributed by atoms with van der Waals surface area (Å²) in [7, 11) is 0. The van der Waals surface area contributed by atoms with Crippen molar-refractivity contribution in [3.05, 3.63) is 29.3 Å².